The highest BCUT2D eigenvalue weighted by Gasteiger charge is 2.15. The third kappa shape index (κ3) is 2.84. The summed E-state index contributed by atoms with van der Waals surface area (Å²) in [5.41, 5.74) is 1.18. The minimum atomic E-state index is -0.842. The van der Waals surface area contributed by atoms with Gasteiger partial charge in [0, 0.05) is 23.9 Å². The maximum absolute atomic E-state index is 13.2. The van der Waals surface area contributed by atoms with Crippen molar-refractivity contribution in [3.63, 3.8) is 0 Å². The van der Waals surface area contributed by atoms with Gasteiger partial charge in [0.05, 0.1) is 13.2 Å². The maximum atomic E-state index is 13.2. The molecule has 0 fully saturated rings. The molecule has 1 N–H and O–H groups in total. The third-order valence-corrected chi connectivity index (χ3v) is 2.68. The van der Waals surface area contributed by atoms with Gasteiger partial charge < -0.3 is 9.84 Å². The van der Waals surface area contributed by atoms with E-state index in [0.717, 1.165) is 5.69 Å². The van der Waals surface area contributed by atoms with Crippen molar-refractivity contribution in [1.82, 2.24) is 4.98 Å². The first-order valence-corrected chi connectivity index (χ1v) is 5.62. The lowest BCUT2D eigenvalue weighted by Crippen LogP contribution is -2.05. The van der Waals surface area contributed by atoms with Crippen molar-refractivity contribution in [2.24, 2.45) is 0 Å². The molecule has 3 nitrogen and oxygen atoms in total. The van der Waals surface area contributed by atoms with Crippen molar-refractivity contribution < 1.29 is 14.2 Å². The van der Waals surface area contributed by atoms with E-state index in [1.54, 1.807) is 12.3 Å². The highest BCUT2D eigenvalue weighted by molar-refractivity contribution is 5.36. The molecule has 1 aromatic heterocycles. The number of nitrogens with zero attached hydrogens (tertiary/aromatic N) is 1. The van der Waals surface area contributed by atoms with Crippen LogP contribution in [-0.4, -0.2) is 17.2 Å². The number of hydrogen-bond acceptors (Lipinski definition) is 3. The van der Waals surface area contributed by atoms with E-state index in [1.165, 1.54) is 25.3 Å². The molecular formula is C14H14FNO2. The lowest BCUT2D eigenvalue weighted by Gasteiger charge is -2.14. The number of aliphatic hydroxyl groups excluding tert-OH is 1. The number of methoxy groups -OCH3 is 1. The molecule has 0 bridgehead atoms. The summed E-state index contributed by atoms with van der Waals surface area (Å²) in [5, 5.41) is 10.1. The van der Waals surface area contributed by atoms with Gasteiger partial charge in [0.1, 0.15) is 11.6 Å². The van der Waals surface area contributed by atoms with Crippen LogP contribution in [0.2, 0.25) is 0 Å². The fourth-order valence-corrected chi connectivity index (χ4v) is 1.79. The molecule has 1 heterocycles. The summed E-state index contributed by atoms with van der Waals surface area (Å²) in [6, 6.07) is 9.56. The van der Waals surface area contributed by atoms with Crippen LogP contribution in [-0.2, 0) is 6.42 Å². The van der Waals surface area contributed by atoms with Crippen LogP contribution in [0.15, 0.2) is 42.6 Å². The molecule has 2 aromatic rings. The number of halogens is 1. The van der Waals surface area contributed by atoms with Crippen molar-refractivity contribution in [3.8, 4) is 5.75 Å². The Morgan fingerprint density at radius 1 is 1.33 bits per heavy atom. The Kier molecular flexibility index (Phi) is 3.89. The predicted octanol–water partition coefficient (Wildman–Crippen LogP) is 2.51. The molecule has 1 aromatic carbocycles. The second-order valence-electron chi connectivity index (χ2n) is 3.93. The van der Waals surface area contributed by atoms with Gasteiger partial charge in [-0.15, -0.1) is 0 Å². The Balaban J connectivity index is 2.23. The minimum Gasteiger partial charge on any atom is -0.496 e. The summed E-state index contributed by atoms with van der Waals surface area (Å²) in [4.78, 5) is 4.13. The van der Waals surface area contributed by atoms with E-state index in [0.29, 0.717) is 17.7 Å². The van der Waals surface area contributed by atoms with Crippen LogP contribution in [0.1, 0.15) is 17.4 Å². The van der Waals surface area contributed by atoms with Gasteiger partial charge >= 0.3 is 0 Å². The number of aromatic nitrogens is 1. The summed E-state index contributed by atoms with van der Waals surface area (Å²) in [6.07, 6.45) is 1.14. The van der Waals surface area contributed by atoms with Gasteiger partial charge in [-0.25, -0.2) is 4.39 Å². The maximum Gasteiger partial charge on any atom is 0.124 e. The first-order chi connectivity index (χ1) is 8.70. The number of ether oxygens (including phenoxy) is 1. The van der Waals surface area contributed by atoms with Gasteiger partial charge in [0.2, 0.25) is 0 Å². The minimum absolute atomic E-state index is 0.320. The first kappa shape index (κ1) is 12.5. The van der Waals surface area contributed by atoms with Gasteiger partial charge in [-0.3, -0.25) is 4.98 Å². The molecule has 0 aliphatic rings. The van der Waals surface area contributed by atoms with E-state index in [4.69, 9.17) is 4.74 Å². The average molecular weight is 247 g/mol. The Hall–Kier alpha value is -1.94. The number of aliphatic hydroxyl groups is 1. The summed E-state index contributed by atoms with van der Waals surface area (Å²) in [6.45, 7) is 0. The van der Waals surface area contributed by atoms with Crippen LogP contribution in [0.25, 0.3) is 0 Å². The monoisotopic (exact) mass is 247 g/mol. The fourth-order valence-electron chi connectivity index (χ4n) is 1.79. The Morgan fingerprint density at radius 2 is 2.17 bits per heavy atom. The van der Waals surface area contributed by atoms with Crippen LogP contribution in [0.4, 0.5) is 4.39 Å². The summed E-state index contributed by atoms with van der Waals surface area (Å²) in [5.74, 6) is 0.0747. The number of benzene rings is 1. The lowest BCUT2D eigenvalue weighted by atomic mass is 10.0. The zero-order valence-corrected chi connectivity index (χ0v) is 10.0. The molecule has 0 saturated carbocycles. The molecule has 1 atom stereocenters. The van der Waals surface area contributed by atoms with Crippen LogP contribution < -0.4 is 4.74 Å². The zero-order valence-electron chi connectivity index (χ0n) is 10.0. The molecule has 0 amide bonds. The van der Waals surface area contributed by atoms with Crippen LogP contribution in [0, 0.1) is 5.82 Å². The Morgan fingerprint density at radius 3 is 2.83 bits per heavy atom. The molecular weight excluding hydrogens is 233 g/mol. The van der Waals surface area contributed by atoms with Gasteiger partial charge in [-0.1, -0.05) is 6.07 Å². The van der Waals surface area contributed by atoms with Gasteiger partial charge in [-0.05, 0) is 30.3 Å². The Bertz CT molecular complexity index is 516. The van der Waals surface area contributed by atoms with E-state index in [2.05, 4.69) is 4.98 Å². The highest BCUT2D eigenvalue weighted by atomic mass is 19.1. The second-order valence-corrected chi connectivity index (χ2v) is 3.93. The molecule has 0 aliphatic heterocycles. The number of hydrogen-bond donors (Lipinski definition) is 1. The molecule has 1 unspecified atom stereocenters. The third-order valence-electron chi connectivity index (χ3n) is 2.68. The molecule has 2 rings (SSSR count). The molecule has 0 spiro atoms. The van der Waals surface area contributed by atoms with Crippen LogP contribution in [0.3, 0.4) is 0 Å². The number of rotatable bonds is 4. The molecule has 18 heavy (non-hydrogen) atoms. The van der Waals surface area contributed by atoms with Crippen molar-refractivity contribution in [3.05, 3.63) is 59.7 Å². The quantitative estimate of drug-likeness (QED) is 0.902. The standard InChI is InChI=1S/C14H14FNO2/c1-18-14-6-5-10(15)8-12(14)13(17)9-11-4-2-3-7-16-11/h2-8,13,17H,9H2,1H3. The van der Waals surface area contributed by atoms with E-state index < -0.39 is 11.9 Å². The van der Waals surface area contributed by atoms with Crippen molar-refractivity contribution in [1.29, 1.82) is 0 Å². The number of pyridine rings is 1. The van der Waals surface area contributed by atoms with E-state index >= 15 is 0 Å². The topological polar surface area (TPSA) is 42.4 Å². The van der Waals surface area contributed by atoms with Crippen LogP contribution >= 0.6 is 0 Å². The summed E-state index contributed by atoms with van der Waals surface area (Å²) < 4.78 is 18.3. The van der Waals surface area contributed by atoms with Gasteiger partial charge in [0.25, 0.3) is 0 Å². The lowest BCUT2D eigenvalue weighted by molar-refractivity contribution is 0.172. The second kappa shape index (κ2) is 5.60. The average Bonchev–Trinajstić information content (AvgIpc) is 2.40. The SMILES string of the molecule is COc1ccc(F)cc1C(O)Cc1ccccn1. The van der Waals surface area contributed by atoms with Crippen molar-refractivity contribution in [2.75, 3.05) is 7.11 Å². The largest absolute Gasteiger partial charge is 0.496 e. The normalized spacial score (nSPS) is 12.2. The van der Waals surface area contributed by atoms with E-state index in [1.807, 2.05) is 12.1 Å². The smallest absolute Gasteiger partial charge is 0.124 e. The molecule has 0 radical (unpaired) electrons. The molecule has 0 saturated heterocycles. The van der Waals surface area contributed by atoms with E-state index in [-0.39, 0.29) is 0 Å². The predicted molar refractivity (Wildman–Crippen MR) is 65.9 cm³/mol. The van der Waals surface area contributed by atoms with Crippen molar-refractivity contribution in [2.45, 2.75) is 12.5 Å². The Labute approximate surface area is 105 Å². The summed E-state index contributed by atoms with van der Waals surface area (Å²) >= 11 is 0. The zero-order chi connectivity index (χ0) is 13.0. The fraction of sp³-hybridized carbons (Fsp3) is 0.214. The van der Waals surface area contributed by atoms with Crippen LogP contribution in [0.5, 0.6) is 5.75 Å². The summed E-state index contributed by atoms with van der Waals surface area (Å²) in [7, 11) is 1.49. The first-order valence-electron chi connectivity index (χ1n) is 5.62. The molecule has 4 heteroatoms. The van der Waals surface area contributed by atoms with Gasteiger partial charge in [0.15, 0.2) is 0 Å². The van der Waals surface area contributed by atoms with Gasteiger partial charge in [-0.2, -0.15) is 0 Å². The molecule has 94 valence electrons. The highest BCUT2D eigenvalue weighted by Crippen LogP contribution is 2.27. The van der Waals surface area contributed by atoms with E-state index in [9.17, 15) is 9.50 Å². The molecule has 0 aliphatic carbocycles. The van der Waals surface area contributed by atoms with Crippen molar-refractivity contribution >= 4 is 0 Å².